The van der Waals surface area contributed by atoms with Gasteiger partial charge in [-0.05, 0) is 44.1 Å². The number of halogens is 3. The van der Waals surface area contributed by atoms with Gasteiger partial charge in [-0.3, -0.25) is 0 Å². The Kier molecular flexibility index (Phi) is 5.37. The van der Waals surface area contributed by atoms with Gasteiger partial charge in [-0.2, -0.15) is 13.2 Å². The van der Waals surface area contributed by atoms with Crippen molar-refractivity contribution in [1.82, 2.24) is 4.90 Å². The molecule has 1 aliphatic carbocycles. The molecular weight excluding hydrogens is 345 g/mol. The number of amidine groups is 1. The second-order valence-electron chi connectivity index (χ2n) is 7.58. The van der Waals surface area contributed by atoms with Crippen molar-refractivity contribution in [3.8, 4) is 0 Å². The maximum absolute atomic E-state index is 13.0. The first-order chi connectivity index (χ1) is 11.7. The van der Waals surface area contributed by atoms with Crippen molar-refractivity contribution in [2.45, 2.75) is 51.5 Å². The van der Waals surface area contributed by atoms with Crippen molar-refractivity contribution < 1.29 is 13.2 Å². The molecule has 2 unspecified atom stereocenters. The Balaban J connectivity index is 1.73. The van der Waals surface area contributed by atoms with Gasteiger partial charge in [0.15, 0.2) is 5.17 Å². The van der Waals surface area contributed by atoms with Crippen molar-refractivity contribution >= 4 is 16.9 Å². The third-order valence-electron chi connectivity index (χ3n) is 4.82. The van der Waals surface area contributed by atoms with Crippen LogP contribution in [0.3, 0.4) is 0 Å². The Morgan fingerprint density at radius 3 is 2.76 bits per heavy atom. The van der Waals surface area contributed by atoms with E-state index in [0.29, 0.717) is 11.8 Å². The second kappa shape index (κ2) is 7.22. The summed E-state index contributed by atoms with van der Waals surface area (Å²) in [5.41, 5.74) is 1.73. The van der Waals surface area contributed by atoms with Crippen LogP contribution in [0, 0.1) is 11.8 Å². The van der Waals surface area contributed by atoms with Gasteiger partial charge in [0.2, 0.25) is 0 Å². The zero-order valence-corrected chi connectivity index (χ0v) is 15.8. The molecule has 2 aliphatic heterocycles. The lowest BCUT2D eigenvalue weighted by molar-refractivity contribution is -0.0939. The molecule has 0 amide bonds. The van der Waals surface area contributed by atoms with E-state index in [-0.39, 0.29) is 11.7 Å². The Morgan fingerprint density at radius 1 is 1.32 bits per heavy atom. The molecule has 138 valence electrons. The fourth-order valence-corrected chi connectivity index (χ4v) is 4.88. The van der Waals surface area contributed by atoms with Crippen molar-refractivity contribution in [3.63, 3.8) is 0 Å². The fourth-order valence-electron chi connectivity index (χ4n) is 3.64. The highest BCUT2D eigenvalue weighted by molar-refractivity contribution is 8.14. The molecule has 2 nitrogen and oxygen atoms in total. The summed E-state index contributed by atoms with van der Waals surface area (Å²) in [6.07, 6.45) is 3.00. The summed E-state index contributed by atoms with van der Waals surface area (Å²) >= 11 is 1.50. The van der Waals surface area contributed by atoms with E-state index in [0.717, 1.165) is 36.8 Å². The predicted octanol–water partition coefficient (Wildman–Crippen LogP) is 5.55. The summed E-state index contributed by atoms with van der Waals surface area (Å²) in [7, 11) is 0. The molecular formula is C19H25F3N2S. The Bertz CT molecular complexity index is 644. The summed E-state index contributed by atoms with van der Waals surface area (Å²) in [6, 6.07) is 0. The Labute approximate surface area is 151 Å². The molecule has 3 aliphatic rings. The van der Waals surface area contributed by atoms with E-state index in [1.165, 1.54) is 23.4 Å². The second-order valence-corrected chi connectivity index (χ2v) is 8.75. The van der Waals surface area contributed by atoms with Crippen LogP contribution < -0.4 is 0 Å². The molecule has 2 atom stereocenters. The van der Waals surface area contributed by atoms with Crippen LogP contribution in [0.1, 0.15) is 40.0 Å². The van der Waals surface area contributed by atoms with Crippen molar-refractivity contribution in [1.29, 1.82) is 0 Å². The number of thioether (sulfide) groups is 1. The highest BCUT2D eigenvalue weighted by Crippen LogP contribution is 2.42. The molecule has 0 spiro atoms. The normalized spacial score (nSPS) is 27.4. The number of rotatable bonds is 2. The topological polar surface area (TPSA) is 15.6 Å². The van der Waals surface area contributed by atoms with Crippen molar-refractivity contribution in [3.05, 3.63) is 35.1 Å². The molecule has 2 heterocycles. The van der Waals surface area contributed by atoms with E-state index in [1.807, 2.05) is 0 Å². The van der Waals surface area contributed by atoms with Gasteiger partial charge >= 0.3 is 6.18 Å². The Morgan fingerprint density at radius 2 is 2.08 bits per heavy atom. The molecule has 0 aromatic carbocycles. The summed E-state index contributed by atoms with van der Waals surface area (Å²) < 4.78 is 38.9. The van der Waals surface area contributed by atoms with Crippen LogP contribution in [0.5, 0.6) is 0 Å². The molecule has 0 bridgehead atoms. The van der Waals surface area contributed by atoms with Crippen LogP contribution in [0.2, 0.25) is 0 Å². The SMILES string of the molecule is CC1=CC(CC(C)C)CN(C2=NC3=CC=C(C(F)(F)F)CC3S2)CC1. The molecule has 0 fully saturated rings. The van der Waals surface area contributed by atoms with Gasteiger partial charge in [0.1, 0.15) is 0 Å². The van der Waals surface area contributed by atoms with E-state index in [2.05, 4.69) is 36.7 Å². The van der Waals surface area contributed by atoms with Gasteiger partial charge in [-0.1, -0.05) is 43.3 Å². The maximum Gasteiger partial charge on any atom is 0.412 e. The zero-order valence-electron chi connectivity index (χ0n) is 14.9. The minimum absolute atomic E-state index is 0.0214. The molecule has 25 heavy (non-hydrogen) atoms. The number of alkyl halides is 3. The summed E-state index contributed by atoms with van der Waals surface area (Å²) in [4.78, 5) is 6.94. The number of fused-ring (bicyclic) bond motifs is 1. The molecule has 0 N–H and O–H groups in total. The molecule has 0 aromatic heterocycles. The van der Waals surface area contributed by atoms with E-state index >= 15 is 0 Å². The van der Waals surface area contributed by atoms with Gasteiger partial charge in [0, 0.05) is 18.7 Å². The van der Waals surface area contributed by atoms with Crippen LogP contribution in [-0.2, 0) is 0 Å². The lowest BCUT2D eigenvalue weighted by atomic mass is 9.95. The minimum atomic E-state index is -4.24. The molecule has 0 saturated heterocycles. The average molecular weight is 370 g/mol. The molecule has 6 heteroatoms. The average Bonchev–Trinajstić information content (AvgIpc) is 2.83. The largest absolute Gasteiger partial charge is 0.412 e. The summed E-state index contributed by atoms with van der Waals surface area (Å²) in [5.74, 6) is 1.10. The lowest BCUT2D eigenvalue weighted by Gasteiger charge is -2.26. The molecule has 0 saturated carbocycles. The van der Waals surface area contributed by atoms with E-state index in [9.17, 15) is 13.2 Å². The zero-order chi connectivity index (χ0) is 18.2. The number of nitrogens with zero attached hydrogens (tertiary/aromatic N) is 2. The maximum atomic E-state index is 13.0. The highest BCUT2D eigenvalue weighted by atomic mass is 32.2. The fraction of sp³-hybridized carbons (Fsp3) is 0.632. The van der Waals surface area contributed by atoms with Gasteiger partial charge in [-0.25, -0.2) is 4.99 Å². The van der Waals surface area contributed by atoms with Crippen LogP contribution in [0.25, 0.3) is 0 Å². The quantitative estimate of drug-likeness (QED) is 0.592. The van der Waals surface area contributed by atoms with Crippen LogP contribution in [-0.4, -0.2) is 34.6 Å². The monoisotopic (exact) mass is 370 g/mol. The number of allylic oxidation sites excluding steroid dienone is 3. The van der Waals surface area contributed by atoms with Gasteiger partial charge in [0.25, 0.3) is 0 Å². The number of hydrogen-bond acceptors (Lipinski definition) is 3. The van der Waals surface area contributed by atoms with Crippen LogP contribution in [0.4, 0.5) is 13.2 Å². The number of hydrogen-bond donors (Lipinski definition) is 0. The smallest absolute Gasteiger partial charge is 0.350 e. The standard InChI is InChI=1S/C19H25F3N2S/c1-12(2)8-14-9-13(3)6-7-24(11-14)18-23-16-5-4-15(19(20,21)22)10-17(16)25-18/h4-5,9,12,14,17H,6-8,10-11H2,1-3H3. The first-order valence-electron chi connectivity index (χ1n) is 8.88. The van der Waals surface area contributed by atoms with Gasteiger partial charge in [-0.15, -0.1) is 0 Å². The van der Waals surface area contributed by atoms with Crippen LogP contribution in [0.15, 0.2) is 40.1 Å². The number of aliphatic imine (C=N–C) groups is 1. The molecule has 3 rings (SSSR count). The third kappa shape index (κ3) is 4.52. The first kappa shape index (κ1) is 18.6. The van der Waals surface area contributed by atoms with E-state index in [4.69, 9.17) is 0 Å². The van der Waals surface area contributed by atoms with E-state index in [1.54, 1.807) is 6.08 Å². The lowest BCUT2D eigenvalue weighted by Crippen LogP contribution is -2.33. The van der Waals surface area contributed by atoms with Gasteiger partial charge < -0.3 is 4.90 Å². The first-order valence-corrected chi connectivity index (χ1v) is 9.76. The predicted molar refractivity (Wildman–Crippen MR) is 98.5 cm³/mol. The van der Waals surface area contributed by atoms with Crippen LogP contribution >= 0.6 is 11.8 Å². The highest BCUT2D eigenvalue weighted by Gasteiger charge is 2.40. The van der Waals surface area contributed by atoms with Gasteiger partial charge in [0.05, 0.1) is 10.9 Å². The molecule has 0 aromatic rings. The van der Waals surface area contributed by atoms with Crippen molar-refractivity contribution in [2.24, 2.45) is 16.8 Å². The Hall–Kier alpha value is -1.17. The summed E-state index contributed by atoms with van der Waals surface area (Å²) in [6.45, 7) is 8.42. The van der Waals surface area contributed by atoms with Crippen molar-refractivity contribution in [2.75, 3.05) is 13.1 Å². The van der Waals surface area contributed by atoms with E-state index < -0.39 is 11.7 Å². The minimum Gasteiger partial charge on any atom is -0.350 e. The molecule has 0 radical (unpaired) electrons. The summed E-state index contributed by atoms with van der Waals surface area (Å²) in [5, 5.41) is 0.697. The third-order valence-corrected chi connectivity index (χ3v) is 6.08.